The number of methoxy groups -OCH3 is 1. The molecule has 0 aromatic rings. The van der Waals surface area contributed by atoms with Gasteiger partial charge in [-0.25, -0.2) is 0 Å². The van der Waals surface area contributed by atoms with E-state index < -0.39 is 0 Å². The lowest BCUT2D eigenvalue weighted by Gasteiger charge is -2.15. The van der Waals surface area contributed by atoms with Gasteiger partial charge in [0, 0.05) is 19.7 Å². The van der Waals surface area contributed by atoms with Crippen LogP contribution in [0, 0.1) is 5.92 Å². The Balaban J connectivity index is 1.99. The summed E-state index contributed by atoms with van der Waals surface area (Å²) in [5.74, 6) is 0.847. The van der Waals surface area contributed by atoms with Crippen LogP contribution in [0.3, 0.4) is 0 Å². The lowest BCUT2D eigenvalue weighted by molar-refractivity contribution is 0.0626. The van der Waals surface area contributed by atoms with E-state index in [1.165, 1.54) is 12.8 Å². The monoisotopic (exact) mass is 173 g/mol. The molecule has 0 bridgehead atoms. The zero-order chi connectivity index (χ0) is 8.97. The summed E-state index contributed by atoms with van der Waals surface area (Å²) in [4.78, 5) is 0. The molecule has 72 valence electrons. The molecule has 1 aliphatic carbocycles. The molecule has 2 atom stereocenters. The summed E-state index contributed by atoms with van der Waals surface area (Å²) in [5, 5.41) is 12.6. The summed E-state index contributed by atoms with van der Waals surface area (Å²) in [7, 11) is 1.60. The quantitative estimate of drug-likeness (QED) is 0.610. The number of hydrogen-bond acceptors (Lipinski definition) is 3. The van der Waals surface area contributed by atoms with Gasteiger partial charge in [-0.1, -0.05) is 0 Å². The SMILES string of the molecule is COCC(O)CNC(C)C1CC1. The van der Waals surface area contributed by atoms with Crippen LogP contribution in [0.4, 0.5) is 0 Å². The van der Waals surface area contributed by atoms with Gasteiger partial charge in [0.25, 0.3) is 0 Å². The van der Waals surface area contributed by atoms with Crippen LogP contribution >= 0.6 is 0 Å². The minimum Gasteiger partial charge on any atom is -0.389 e. The zero-order valence-electron chi connectivity index (χ0n) is 7.92. The van der Waals surface area contributed by atoms with E-state index in [2.05, 4.69) is 12.2 Å². The lowest BCUT2D eigenvalue weighted by atomic mass is 10.2. The number of aliphatic hydroxyl groups is 1. The molecule has 0 aromatic heterocycles. The van der Waals surface area contributed by atoms with E-state index in [9.17, 15) is 5.11 Å². The standard InChI is InChI=1S/C9H19NO2/c1-7(8-3-4-8)10-5-9(11)6-12-2/h7-11H,3-6H2,1-2H3. The van der Waals surface area contributed by atoms with Crippen LogP contribution in [0.2, 0.25) is 0 Å². The highest BCUT2D eigenvalue weighted by Gasteiger charge is 2.27. The second-order valence-electron chi connectivity index (χ2n) is 3.64. The fraction of sp³-hybridized carbons (Fsp3) is 1.00. The van der Waals surface area contributed by atoms with Crippen LogP contribution in [-0.2, 0) is 4.74 Å². The second-order valence-corrected chi connectivity index (χ2v) is 3.64. The first-order valence-electron chi connectivity index (χ1n) is 4.64. The predicted molar refractivity (Wildman–Crippen MR) is 48.1 cm³/mol. The lowest BCUT2D eigenvalue weighted by Crippen LogP contribution is -2.36. The van der Waals surface area contributed by atoms with E-state index in [0.717, 1.165) is 5.92 Å². The van der Waals surface area contributed by atoms with Crippen molar-refractivity contribution >= 4 is 0 Å². The Bertz CT molecular complexity index is 126. The highest BCUT2D eigenvalue weighted by Crippen LogP contribution is 2.32. The molecule has 0 spiro atoms. The Labute approximate surface area is 74.1 Å². The van der Waals surface area contributed by atoms with Gasteiger partial charge < -0.3 is 15.2 Å². The number of nitrogens with one attached hydrogen (secondary N) is 1. The van der Waals surface area contributed by atoms with Gasteiger partial charge in [0.1, 0.15) is 0 Å². The van der Waals surface area contributed by atoms with Gasteiger partial charge in [-0.3, -0.25) is 0 Å². The van der Waals surface area contributed by atoms with E-state index in [1.54, 1.807) is 7.11 Å². The first kappa shape index (κ1) is 9.96. The van der Waals surface area contributed by atoms with E-state index in [1.807, 2.05) is 0 Å². The van der Waals surface area contributed by atoms with Crippen LogP contribution in [0.25, 0.3) is 0 Å². The van der Waals surface area contributed by atoms with Crippen molar-refractivity contribution in [1.82, 2.24) is 5.32 Å². The summed E-state index contributed by atoms with van der Waals surface area (Å²) in [5.41, 5.74) is 0. The molecule has 0 amide bonds. The Morgan fingerprint density at radius 1 is 1.58 bits per heavy atom. The van der Waals surface area contributed by atoms with Crippen LogP contribution in [-0.4, -0.2) is 37.5 Å². The zero-order valence-corrected chi connectivity index (χ0v) is 7.92. The fourth-order valence-corrected chi connectivity index (χ4v) is 1.34. The van der Waals surface area contributed by atoms with Crippen molar-refractivity contribution in [3.63, 3.8) is 0 Å². The summed E-state index contributed by atoms with van der Waals surface area (Å²) >= 11 is 0. The minimum atomic E-state index is -0.365. The predicted octanol–water partition coefficient (Wildman–Crippen LogP) is 0.382. The van der Waals surface area contributed by atoms with Gasteiger partial charge in [0.2, 0.25) is 0 Å². The van der Waals surface area contributed by atoms with Gasteiger partial charge >= 0.3 is 0 Å². The van der Waals surface area contributed by atoms with Crippen LogP contribution in [0.15, 0.2) is 0 Å². The molecule has 0 heterocycles. The molecule has 2 unspecified atom stereocenters. The smallest absolute Gasteiger partial charge is 0.0897 e. The van der Waals surface area contributed by atoms with Crippen molar-refractivity contribution in [1.29, 1.82) is 0 Å². The molecule has 12 heavy (non-hydrogen) atoms. The molecule has 1 saturated carbocycles. The van der Waals surface area contributed by atoms with Gasteiger partial charge in [-0.05, 0) is 25.7 Å². The van der Waals surface area contributed by atoms with E-state index in [4.69, 9.17) is 4.74 Å². The molecule has 2 N–H and O–H groups in total. The average Bonchev–Trinajstić information content (AvgIpc) is 2.83. The summed E-state index contributed by atoms with van der Waals surface area (Å²) < 4.78 is 4.82. The fourth-order valence-electron chi connectivity index (χ4n) is 1.34. The average molecular weight is 173 g/mol. The summed E-state index contributed by atoms with van der Waals surface area (Å²) in [6.45, 7) is 3.24. The number of rotatable bonds is 6. The van der Waals surface area contributed by atoms with Gasteiger partial charge in [-0.15, -0.1) is 0 Å². The molecule has 1 fully saturated rings. The molecular weight excluding hydrogens is 154 g/mol. The Morgan fingerprint density at radius 3 is 2.75 bits per heavy atom. The highest BCUT2D eigenvalue weighted by atomic mass is 16.5. The Morgan fingerprint density at radius 2 is 2.25 bits per heavy atom. The molecule has 3 heteroatoms. The number of aliphatic hydroxyl groups excluding tert-OH is 1. The first-order chi connectivity index (χ1) is 5.74. The summed E-state index contributed by atoms with van der Waals surface area (Å²) in [6.07, 6.45) is 2.32. The largest absolute Gasteiger partial charge is 0.389 e. The highest BCUT2D eigenvalue weighted by molar-refractivity contribution is 4.83. The van der Waals surface area contributed by atoms with Crippen molar-refractivity contribution < 1.29 is 9.84 Å². The third-order valence-electron chi connectivity index (χ3n) is 2.36. The number of hydrogen-bond donors (Lipinski definition) is 2. The summed E-state index contributed by atoms with van der Waals surface area (Å²) in [6, 6.07) is 0.552. The van der Waals surface area contributed by atoms with E-state index >= 15 is 0 Å². The molecule has 0 saturated heterocycles. The first-order valence-corrected chi connectivity index (χ1v) is 4.64. The molecule has 3 nitrogen and oxygen atoms in total. The normalized spacial score (nSPS) is 22.2. The molecule has 0 radical (unpaired) electrons. The topological polar surface area (TPSA) is 41.5 Å². The third-order valence-corrected chi connectivity index (χ3v) is 2.36. The van der Waals surface area contributed by atoms with Crippen molar-refractivity contribution in [3.8, 4) is 0 Å². The number of ether oxygens (including phenoxy) is 1. The maximum absolute atomic E-state index is 9.31. The van der Waals surface area contributed by atoms with Crippen molar-refractivity contribution in [2.45, 2.75) is 31.9 Å². The maximum atomic E-state index is 9.31. The molecule has 1 aliphatic rings. The second kappa shape index (κ2) is 4.80. The molecule has 0 aliphatic heterocycles. The molecule has 0 aromatic carbocycles. The van der Waals surface area contributed by atoms with Gasteiger partial charge in [-0.2, -0.15) is 0 Å². The van der Waals surface area contributed by atoms with Gasteiger partial charge in [0.15, 0.2) is 0 Å². The van der Waals surface area contributed by atoms with Crippen molar-refractivity contribution in [2.24, 2.45) is 5.92 Å². The Hall–Kier alpha value is -0.120. The van der Waals surface area contributed by atoms with E-state index in [-0.39, 0.29) is 6.10 Å². The van der Waals surface area contributed by atoms with Crippen molar-refractivity contribution in [3.05, 3.63) is 0 Å². The van der Waals surface area contributed by atoms with Crippen LogP contribution in [0.1, 0.15) is 19.8 Å². The molecular formula is C9H19NO2. The minimum absolute atomic E-state index is 0.365. The van der Waals surface area contributed by atoms with Crippen LogP contribution < -0.4 is 5.32 Å². The van der Waals surface area contributed by atoms with Crippen molar-refractivity contribution in [2.75, 3.05) is 20.3 Å². The molecule has 1 rings (SSSR count). The van der Waals surface area contributed by atoms with E-state index in [0.29, 0.717) is 19.2 Å². The third kappa shape index (κ3) is 3.52. The maximum Gasteiger partial charge on any atom is 0.0897 e. The Kier molecular flexibility index (Phi) is 3.98. The van der Waals surface area contributed by atoms with Gasteiger partial charge in [0.05, 0.1) is 12.7 Å². The van der Waals surface area contributed by atoms with Crippen LogP contribution in [0.5, 0.6) is 0 Å².